The number of nitrogens with zero attached hydrogens (tertiary/aromatic N) is 2. The van der Waals surface area contributed by atoms with E-state index in [1.54, 1.807) is 0 Å². The van der Waals surface area contributed by atoms with Gasteiger partial charge in [-0.3, -0.25) is 9.78 Å². The Morgan fingerprint density at radius 1 is 1.29 bits per heavy atom. The number of rotatable bonds is 4. The Hall–Kier alpha value is -2.36. The lowest BCUT2D eigenvalue weighted by Crippen LogP contribution is -2.31. The van der Waals surface area contributed by atoms with Gasteiger partial charge in [0, 0.05) is 49.2 Å². The molecule has 0 unspecified atom stereocenters. The van der Waals surface area contributed by atoms with E-state index in [1.165, 1.54) is 16.9 Å². The number of hydrogen-bond donors (Lipinski definition) is 1. The van der Waals surface area contributed by atoms with Crippen molar-refractivity contribution in [2.75, 3.05) is 16.8 Å². The quantitative estimate of drug-likeness (QED) is 0.925. The summed E-state index contributed by atoms with van der Waals surface area (Å²) >= 11 is 0. The van der Waals surface area contributed by atoms with Gasteiger partial charge in [-0.25, -0.2) is 0 Å². The van der Waals surface area contributed by atoms with E-state index in [-0.39, 0.29) is 5.91 Å². The third-order valence-corrected chi connectivity index (χ3v) is 4.59. The fraction of sp³-hybridized carbons (Fsp3) is 0.400. The van der Waals surface area contributed by atoms with Crippen LogP contribution in [-0.2, 0) is 17.8 Å². The van der Waals surface area contributed by atoms with Crippen LogP contribution < -0.4 is 10.2 Å². The normalized spacial score (nSPS) is 13.5. The van der Waals surface area contributed by atoms with Crippen LogP contribution in [0.4, 0.5) is 11.4 Å². The molecule has 0 bridgehead atoms. The van der Waals surface area contributed by atoms with Crippen LogP contribution in [0.2, 0.25) is 0 Å². The number of aromatic nitrogens is 1. The Labute approximate surface area is 143 Å². The zero-order valence-electron chi connectivity index (χ0n) is 14.7. The largest absolute Gasteiger partial charge is 0.367 e. The third-order valence-electron chi connectivity index (χ3n) is 4.59. The van der Waals surface area contributed by atoms with E-state index >= 15 is 0 Å². The smallest absolute Gasteiger partial charge is 0.224 e. The topological polar surface area (TPSA) is 45.2 Å². The van der Waals surface area contributed by atoms with Crippen molar-refractivity contribution in [3.63, 3.8) is 0 Å². The Bertz CT molecular complexity index is 731. The van der Waals surface area contributed by atoms with E-state index < -0.39 is 0 Å². The van der Waals surface area contributed by atoms with Gasteiger partial charge >= 0.3 is 0 Å². The molecule has 3 rings (SSSR count). The van der Waals surface area contributed by atoms with Crippen molar-refractivity contribution in [2.45, 2.75) is 46.6 Å². The minimum absolute atomic E-state index is 0.0921. The van der Waals surface area contributed by atoms with E-state index in [4.69, 9.17) is 0 Å². The molecule has 126 valence electrons. The standard InChI is InChI=1S/C20H25N3O/c1-4-6-19(24)22-20-14(2)11-17(12-15(20)3)23-10-8-18-16(13-23)7-5-9-21-18/h5,7,9,11-12H,4,6,8,10,13H2,1-3H3,(H,22,24). The number of hydrogen-bond acceptors (Lipinski definition) is 3. The average Bonchev–Trinajstić information content (AvgIpc) is 2.58. The lowest BCUT2D eigenvalue weighted by atomic mass is 10.0. The van der Waals surface area contributed by atoms with Crippen LogP contribution in [0.15, 0.2) is 30.5 Å². The molecule has 1 aromatic carbocycles. The zero-order valence-corrected chi connectivity index (χ0v) is 14.7. The summed E-state index contributed by atoms with van der Waals surface area (Å²) in [6.07, 6.45) is 4.28. The monoisotopic (exact) mass is 323 g/mol. The molecule has 0 atom stereocenters. The van der Waals surface area contributed by atoms with Crippen LogP contribution in [0.25, 0.3) is 0 Å². The summed E-state index contributed by atoms with van der Waals surface area (Å²) < 4.78 is 0. The average molecular weight is 323 g/mol. The van der Waals surface area contributed by atoms with Gasteiger partial charge in [0.1, 0.15) is 0 Å². The molecule has 2 aromatic rings. The Morgan fingerprint density at radius 2 is 2.04 bits per heavy atom. The summed E-state index contributed by atoms with van der Waals surface area (Å²) in [5.74, 6) is 0.0921. The molecule has 0 saturated carbocycles. The minimum Gasteiger partial charge on any atom is -0.367 e. The van der Waals surface area contributed by atoms with E-state index in [0.717, 1.165) is 42.7 Å². The Balaban J connectivity index is 1.82. The summed E-state index contributed by atoms with van der Waals surface area (Å²) in [5.41, 5.74) is 6.92. The molecule has 0 spiro atoms. The Kier molecular flexibility index (Phi) is 4.84. The highest BCUT2D eigenvalue weighted by atomic mass is 16.1. The molecule has 1 aliphatic heterocycles. The maximum atomic E-state index is 11.9. The molecular formula is C20H25N3O. The summed E-state index contributed by atoms with van der Waals surface area (Å²) in [6, 6.07) is 8.52. The van der Waals surface area contributed by atoms with E-state index in [0.29, 0.717) is 6.42 Å². The summed E-state index contributed by atoms with van der Waals surface area (Å²) in [7, 11) is 0. The van der Waals surface area contributed by atoms with Gasteiger partial charge in [0.15, 0.2) is 0 Å². The molecule has 0 saturated heterocycles. The fourth-order valence-electron chi connectivity index (χ4n) is 3.34. The van der Waals surface area contributed by atoms with Gasteiger partial charge in [0.05, 0.1) is 0 Å². The van der Waals surface area contributed by atoms with Gasteiger partial charge in [0.25, 0.3) is 0 Å². The first-order valence-electron chi connectivity index (χ1n) is 8.67. The first-order valence-corrected chi connectivity index (χ1v) is 8.67. The van der Waals surface area contributed by atoms with Crippen molar-refractivity contribution < 1.29 is 4.79 Å². The number of nitrogens with one attached hydrogen (secondary N) is 1. The second-order valence-electron chi connectivity index (χ2n) is 6.53. The Morgan fingerprint density at radius 3 is 2.75 bits per heavy atom. The number of carbonyl (C=O) groups is 1. The van der Waals surface area contributed by atoms with Crippen molar-refractivity contribution in [1.82, 2.24) is 4.98 Å². The van der Waals surface area contributed by atoms with Crippen LogP contribution in [0.1, 0.15) is 42.1 Å². The number of pyridine rings is 1. The lowest BCUT2D eigenvalue weighted by molar-refractivity contribution is -0.116. The molecule has 0 radical (unpaired) electrons. The van der Waals surface area contributed by atoms with Crippen molar-refractivity contribution in [1.29, 1.82) is 0 Å². The third kappa shape index (κ3) is 3.42. The molecule has 0 aliphatic carbocycles. The molecular weight excluding hydrogens is 298 g/mol. The summed E-state index contributed by atoms with van der Waals surface area (Å²) in [4.78, 5) is 18.8. The van der Waals surface area contributed by atoms with E-state index in [2.05, 4.69) is 47.2 Å². The van der Waals surface area contributed by atoms with Crippen LogP contribution in [0.5, 0.6) is 0 Å². The number of anilines is 2. The molecule has 1 amide bonds. The van der Waals surface area contributed by atoms with Crippen molar-refractivity contribution in [2.24, 2.45) is 0 Å². The predicted octanol–water partition coefficient (Wildman–Crippen LogP) is 4.00. The molecule has 0 fully saturated rings. The van der Waals surface area contributed by atoms with Gasteiger partial charge in [-0.1, -0.05) is 13.0 Å². The van der Waals surface area contributed by atoms with Gasteiger partial charge in [-0.05, 0) is 55.2 Å². The van der Waals surface area contributed by atoms with Gasteiger partial charge < -0.3 is 10.2 Å². The molecule has 1 N–H and O–H groups in total. The molecule has 1 aromatic heterocycles. The maximum absolute atomic E-state index is 11.9. The van der Waals surface area contributed by atoms with E-state index in [1.807, 2.05) is 19.2 Å². The minimum atomic E-state index is 0.0921. The molecule has 1 aliphatic rings. The number of amides is 1. The second-order valence-corrected chi connectivity index (χ2v) is 6.53. The van der Waals surface area contributed by atoms with E-state index in [9.17, 15) is 4.79 Å². The van der Waals surface area contributed by atoms with Crippen molar-refractivity contribution in [3.05, 3.63) is 52.8 Å². The van der Waals surface area contributed by atoms with Gasteiger partial charge in [0.2, 0.25) is 5.91 Å². The fourth-order valence-corrected chi connectivity index (χ4v) is 3.34. The number of fused-ring (bicyclic) bond motifs is 1. The summed E-state index contributed by atoms with van der Waals surface area (Å²) in [5, 5.41) is 3.06. The van der Waals surface area contributed by atoms with Crippen LogP contribution in [0, 0.1) is 13.8 Å². The van der Waals surface area contributed by atoms with Crippen molar-refractivity contribution >= 4 is 17.3 Å². The predicted molar refractivity (Wildman–Crippen MR) is 98.4 cm³/mol. The lowest BCUT2D eigenvalue weighted by Gasteiger charge is -2.31. The van der Waals surface area contributed by atoms with Crippen molar-refractivity contribution in [3.8, 4) is 0 Å². The number of aryl methyl sites for hydroxylation is 2. The first kappa shape index (κ1) is 16.5. The number of benzene rings is 1. The van der Waals surface area contributed by atoms with Gasteiger partial charge in [-0.15, -0.1) is 0 Å². The SMILES string of the molecule is CCCC(=O)Nc1c(C)cc(N2CCc3ncccc3C2)cc1C. The number of carbonyl (C=O) groups excluding carboxylic acids is 1. The molecule has 24 heavy (non-hydrogen) atoms. The summed E-state index contributed by atoms with van der Waals surface area (Å²) in [6.45, 7) is 8.02. The zero-order chi connectivity index (χ0) is 17.1. The van der Waals surface area contributed by atoms with Crippen LogP contribution >= 0.6 is 0 Å². The molecule has 4 heteroatoms. The highest BCUT2D eigenvalue weighted by molar-refractivity contribution is 5.92. The molecule has 2 heterocycles. The van der Waals surface area contributed by atoms with Crippen LogP contribution in [0.3, 0.4) is 0 Å². The molecule has 4 nitrogen and oxygen atoms in total. The second kappa shape index (κ2) is 7.04. The van der Waals surface area contributed by atoms with Gasteiger partial charge in [-0.2, -0.15) is 0 Å². The maximum Gasteiger partial charge on any atom is 0.224 e. The van der Waals surface area contributed by atoms with Crippen LogP contribution in [-0.4, -0.2) is 17.4 Å². The first-order chi connectivity index (χ1) is 11.6. The highest BCUT2D eigenvalue weighted by Gasteiger charge is 2.18. The highest BCUT2D eigenvalue weighted by Crippen LogP contribution is 2.30.